The van der Waals surface area contributed by atoms with Crippen LogP contribution in [0.4, 0.5) is 18.9 Å². The standard InChI is InChI=1S/C13H16F3NO5/c1-6-9(18)10(19)11(20)12(21-6)17-7-2-4-8(5-3-7)22-13(14,15)16/h2-6,9-12,17-20H,1H3/t6-,9+,10-,11+,12-/m0/s1. The van der Waals surface area contributed by atoms with Crippen LogP contribution in [-0.2, 0) is 4.74 Å². The minimum Gasteiger partial charge on any atom is -0.406 e. The van der Waals surface area contributed by atoms with Crippen molar-refractivity contribution in [1.29, 1.82) is 0 Å². The highest BCUT2D eigenvalue weighted by Gasteiger charge is 2.41. The fourth-order valence-electron chi connectivity index (χ4n) is 2.09. The van der Waals surface area contributed by atoms with E-state index < -0.39 is 37.0 Å². The Morgan fingerprint density at radius 1 is 1.05 bits per heavy atom. The van der Waals surface area contributed by atoms with E-state index in [4.69, 9.17) is 4.74 Å². The summed E-state index contributed by atoms with van der Waals surface area (Å²) >= 11 is 0. The van der Waals surface area contributed by atoms with Crippen LogP contribution in [0.15, 0.2) is 24.3 Å². The normalized spacial score (nSPS) is 32.6. The van der Waals surface area contributed by atoms with Crippen LogP contribution in [0, 0.1) is 0 Å². The SMILES string of the molecule is C[C@@H]1O[C@H](Nc2ccc(OC(F)(F)F)cc2)[C@H](O)[C@@H](O)[C@@H]1O. The van der Waals surface area contributed by atoms with Crippen LogP contribution in [-0.4, -0.2) is 52.3 Å². The van der Waals surface area contributed by atoms with Crippen molar-refractivity contribution in [3.05, 3.63) is 24.3 Å². The lowest BCUT2D eigenvalue weighted by molar-refractivity contribution is -0.274. The minimum atomic E-state index is -4.77. The molecule has 1 aliphatic rings. The third-order valence-corrected chi connectivity index (χ3v) is 3.25. The number of rotatable bonds is 3. The van der Waals surface area contributed by atoms with Gasteiger partial charge in [0.05, 0.1) is 6.10 Å². The average molecular weight is 323 g/mol. The molecule has 5 atom stereocenters. The van der Waals surface area contributed by atoms with Gasteiger partial charge < -0.3 is 30.1 Å². The molecule has 4 N–H and O–H groups in total. The van der Waals surface area contributed by atoms with Gasteiger partial charge in [0.2, 0.25) is 0 Å². The molecule has 0 spiro atoms. The number of benzene rings is 1. The first-order valence-electron chi connectivity index (χ1n) is 6.49. The van der Waals surface area contributed by atoms with Gasteiger partial charge in [-0.15, -0.1) is 13.2 Å². The number of nitrogens with one attached hydrogen (secondary N) is 1. The van der Waals surface area contributed by atoms with Gasteiger partial charge >= 0.3 is 6.36 Å². The molecule has 0 bridgehead atoms. The number of alkyl halides is 3. The summed E-state index contributed by atoms with van der Waals surface area (Å²) in [4.78, 5) is 0. The molecule has 0 radical (unpaired) electrons. The second-order valence-electron chi connectivity index (χ2n) is 4.95. The number of anilines is 1. The van der Waals surface area contributed by atoms with E-state index in [0.717, 1.165) is 12.1 Å². The van der Waals surface area contributed by atoms with Gasteiger partial charge in [0, 0.05) is 5.69 Å². The first-order valence-corrected chi connectivity index (χ1v) is 6.49. The van der Waals surface area contributed by atoms with Gasteiger partial charge in [-0.25, -0.2) is 0 Å². The monoisotopic (exact) mass is 323 g/mol. The first-order chi connectivity index (χ1) is 10.2. The molecule has 0 aliphatic carbocycles. The molecule has 0 amide bonds. The number of halogens is 3. The fraction of sp³-hybridized carbons (Fsp3) is 0.538. The quantitative estimate of drug-likeness (QED) is 0.658. The van der Waals surface area contributed by atoms with Crippen molar-refractivity contribution in [2.45, 2.75) is 43.9 Å². The average Bonchev–Trinajstić information content (AvgIpc) is 2.43. The smallest absolute Gasteiger partial charge is 0.406 e. The molecule has 1 aliphatic heterocycles. The third kappa shape index (κ3) is 4.01. The fourth-order valence-corrected chi connectivity index (χ4v) is 2.09. The Kier molecular flexibility index (Phi) is 4.81. The number of aliphatic hydroxyl groups excluding tert-OH is 3. The molecule has 1 aromatic carbocycles. The van der Waals surface area contributed by atoms with Gasteiger partial charge in [-0.2, -0.15) is 0 Å². The maximum absolute atomic E-state index is 12.0. The zero-order valence-electron chi connectivity index (χ0n) is 11.5. The van der Waals surface area contributed by atoms with E-state index in [1.54, 1.807) is 0 Å². The molecule has 2 rings (SSSR count). The van der Waals surface area contributed by atoms with Crippen molar-refractivity contribution >= 4 is 5.69 Å². The Morgan fingerprint density at radius 3 is 2.18 bits per heavy atom. The van der Waals surface area contributed by atoms with Crippen molar-refractivity contribution in [2.75, 3.05) is 5.32 Å². The molecule has 1 aromatic rings. The topological polar surface area (TPSA) is 91.2 Å². The third-order valence-electron chi connectivity index (χ3n) is 3.25. The van der Waals surface area contributed by atoms with E-state index >= 15 is 0 Å². The molecule has 22 heavy (non-hydrogen) atoms. The number of aliphatic hydroxyl groups is 3. The summed E-state index contributed by atoms with van der Waals surface area (Å²) in [7, 11) is 0. The van der Waals surface area contributed by atoms with E-state index in [-0.39, 0.29) is 5.75 Å². The summed E-state index contributed by atoms with van der Waals surface area (Å²) in [6.07, 6.45) is -10.5. The lowest BCUT2D eigenvalue weighted by Crippen LogP contribution is -2.58. The van der Waals surface area contributed by atoms with Gasteiger partial charge in [-0.1, -0.05) is 0 Å². The van der Waals surface area contributed by atoms with Gasteiger partial charge in [0.1, 0.15) is 24.1 Å². The summed E-state index contributed by atoms with van der Waals surface area (Å²) in [5.74, 6) is -0.382. The number of hydrogen-bond donors (Lipinski definition) is 4. The van der Waals surface area contributed by atoms with Gasteiger partial charge in [-0.05, 0) is 31.2 Å². The highest BCUT2D eigenvalue weighted by atomic mass is 19.4. The molecule has 6 nitrogen and oxygen atoms in total. The highest BCUT2D eigenvalue weighted by molar-refractivity contribution is 5.47. The maximum Gasteiger partial charge on any atom is 0.573 e. The van der Waals surface area contributed by atoms with Crippen LogP contribution in [0.25, 0.3) is 0 Å². The molecule has 124 valence electrons. The molecule has 0 unspecified atom stereocenters. The van der Waals surface area contributed by atoms with E-state index in [1.807, 2.05) is 0 Å². The van der Waals surface area contributed by atoms with Crippen molar-refractivity contribution in [2.24, 2.45) is 0 Å². The molecule has 0 saturated carbocycles. The zero-order chi connectivity index (χ0) is 16.5. The molecule has 1 saturated heterocycles. The predicted molar refractivity (Wildman–Crippen MR) is 69.1 cm³/mol. The van der Waals surface area contributed by atoms with Crippen molar-refractivity contribution in [3.63, 3.8) is 0 Å². The Hall–Kier alpha value is -1.55. The Morgan fingerprint density at radius 2 is 1.64 bits per heavy atom. The summed E-state index contributed by atoms with van der Waals surface area (Å²) in [5.41, 5.74) is 0.356. The Labute approximate surface area is 124 Å². The van der Waals surface area contributed by atoms with E-state index in [1.165, 1.54) is 19.1 Å². The second-order valence-corrected chi connectivity index (χ2v) is 4.95. The number of ether oxygens (including phenoxy) is 2. The lowest BCUT2D eigenvalue weighted by atomic mass is 9.99. The Balaban J connectivity index is 2.01. The maximum atomic E-state index is 12.0. The molecule has 0 aromatic heterocycles. The predicted octanol–water partition coefficient (Wildman–Crippen LogP) is 0.825. The Bertz CT molecular complexity index is 495. The van der Waals surface area contributed by atoms with Crippen LogP contribution in [0.5, 0.6) is 5.75 Å². The molecule has 1 fully saturated rings. The van der Waals surface area contributed by atoms with E-state index in [9.17, 15) is 28.5 Å². The van der Waals surface area contributed by atoms with Crippen LogP contribution in [0.2, 0.25) is 0 Å². The summed E-state index contributed by atoms with van der Waals surface area (Å²) in [5, 5.41) is 31.8. The zero-order valence-corrected chi connectivity index (χ0v) is 11.5. The van der Waals surface area contributed by atoms with Crippen molar-refractivity contribution < 1.29 is 38.0 Å². The molecular weight excluding hydrogens is 307 g/mol. The van der Waals surface area contributed by atoms with Gasteiger partial charge in [0.15, 0.2) is 6.23 Å². The van der Waals surface area contributed by atoms with E-state index in [2.05, 4.69) is 10.1 Å². The second kappa shape index (κ2) is 6.29. The van der Waals surface area contributed by atoms with Crippen molar-refractivity contribution in [3.8, 4) is 5.75 Å². The van der Waals surface area contributed by atoms with Crippen LogP contribution >= 0.6 is 0 Å². The minimum absolute atomic E-state index is 0.356. The lowest BCUT2D eigenvalue weighted by Gasteiger charge is -2.39. The molecular formula is C13H16F3NO5. The summed E-state index contributed by atoms with van der Waals surface area (Å²) in [6.45, 7) is 1.52. The molecule has 9 heteroatoms. The summed E-state index contributed by atoms with van der Waals surface area (Å²) in [6, 6.07) is 4.80. The van der Waals surface area contributed by atoms with E-state index in [0.29, 0.717) is 5.69 Å². The van der Waals surface area contributed by atoms with Crippen LogP contribution < -0.4 is 10.1 Å². The highest BCUT2D eigenvalue weighted by Crippen LogP contribution is 2.26. The number of hydrogen-bond acceptors (Lipinski definition) is 6. The molecule has 1 heterocycles. The van der Waals surface area contributed by atoms with Crippen LogP contribution in [0.1, 0.15) is 6.92 Å². The van der Waals surface area contributed by atoms with Crippen molar-refractivity contribution in [1.82, 2.24) is 0 Å². The van der Waals surface area contributed by atoms with Gasteiger partial charge in [-0.3, -0.25) is 0 Å². The first kappa shape index (κ1) is 16.8. The largest absolute Gasteiger partial charge is 0.573 e. The van der Waals surface area contributed by atoms with Gasteiger partial charge in [0.25, 0.3) is 0 Å². The summed E-state index contributed by atoms with van der Waals surface area (Å²) < 4.78 is 45.2. The van der Waals surface area contributed by atoms with Crippen LogP contribution in [0.3, 0.4) is 0 Å².